The Morgan fingerprint density at radius 2 is 1.82 bits per heavy atom. The summed E-state index contributed by atoms with van der Waals surface area (Å²) in [6.45, 7) is 0. The van der Waals surface area contributed by atoms with Crippen molar-refractivity contribution in [1.82, 2.24) is 4.98 Å². The number of hydrogen-bond donors (Lipinski definition) is 1. The van der Waals surface area contributed by atoms with Gasteiger partial charge in [0.1, 0.15) is 5.75 Å². The molecule has 3 amide bonds. The number of carbonyl (C=O) groups excluding carboxylic acids is 3. The van der Waals surface area contributed by atoms with Crippen molar-refractivity contribution in [3.63, 3.8) is 0 Å². The monoisotopic (exact) mass is 373 g/mol. The molecule has 0 bridgehead atoms. The number of hydrogen-bond acceptors (Lipinski definition) is 5. The summed E-state index contributed by atoms with van der Waals surface area (Å²) in [5, 5.41) is 2.71. The Hall–Kier alpha value is -4.00. The van der Waals surface area contributed by atoms with Crippen LogP contribution >= 0.6 is 0 Å². The van der Waals surface area contributed by atoms with Crippen LogP contribution in [0.4, 0.5) is 11.4 Å². The average molecular weight is 373 g/mol. The van der Waals surface area contributed by atoms with Crippen LogP contribution < -0.4 is 15.0 Å². The van der Waals surface area contributed by atoms with E-state index in [0.717, 1.165) is 4.90 Å². The van der Waals surface area contributed by atoms with Crippen LogP contribution in [0.2, 0.25) is 0 Å². The molecule has 1 aliphatic heterocycles. The van der Waals surface area contributed by atoms with Gasteiger partial charge in [-0.2, -0.15) is 0 Å². The minimum atomic E-state index is -0.482. The number of anilines is 2. The number of fused-ring (bicyclic) bond motifs is 1. The maximum atomic E-state index is 12.9. The zero-order valence-corrected chi connectivity index (χ0v) is 14.9. The minimum absolute atomic E-state index is 0.187. The van der Waals surface area contributed by atoms with Gasteiger partial charge in [-0.3, -0.25) is 19.4 Å². The standard InChI is InChI=1S/C21H15N3O4/c1-28-16-6-2-5-15(11-16)24-20(26)17-8-7-13(10-18(17)21(24)27)19(25)23-14-4-3-9-22-12-14/h2-12H,1H3,(H,23,25). The molecule has 0 fully saturated rings. The smallest absolute Gasteiger partial charge is 0.266 e. The molecule has 2 aromatic carbocycles. The number of carbonyl (C=O) groups is 3. The zero-order valence-electron chi connectivity index (χ0n) is 14.9. The van der Waals surface area contributed by atoms with Gasteiger partial charge in [-0.15, -0.1) is 0 Å². The predicted molar refractivity (Wildman–Crippen MR) is 103 cm³/mol. The number of methoxy groups -OCH3 is 1. The summed E-state index contributed by atoms with van der Waals surface area (Å²) in [6, 6.07) is 14.5. The quantitative estimate of drug-likeness (QED) is 0.710. The fourth-order valence-electron chi connectivity index (χ4n) is 3.01. The molecule has 0 atom stereocenters. The van der Waals surface area contributed by atoms with Gasteiger partial charge >= 0.3 is 0 Å². The first-order chi connectivity index (χ1) is 13.6. The molecule has 3 aromatic rings. The first kappa shape index (κ1) is 17.4. The molecule has 0 unspecified atom stereocenters. The number of benzene rings is 2. The highest BCUT2D eigenvalue weighted by atomic mass is 16.5. The lowest BCUT2D eigenvalue weighted by molar-refractivity contribution is 0.0925. The number of nitrogens with zero attached hydrogens (tertiary/aromatic N) is 2. The van der Waals surface area contributed by atoms with Crippen LogP contribution in [0, 0.1) is 0 Å². The summed E-state index contributed by atoms with van der Waals surface area (Å²) in [4.78, 5) is 43.1. The zero-order chi connectivity index (χ0) is 19.7. The third-order valence-electron chi connectivity index (χ3n) is 4.38. The fraction of sp³-hybridized carbons (Fsp3) is 0.0476. The number of rotatable bonds is 4. The molecule has 7 nitrogen and oxygen atoms in total. The first-order valence-corrected chi connectivity index (χ1v) is 8.47. The van der Waals surface area contributed by atoms with Crippen molar-refractivity contribution in [2.75, 3.05) is 17.3 Å². The van der Waals surface area contributed by atoms with Crippen LogP contribution in [-0.2, 0) is 0 Å². The van der Waals surface area contributed by atoms with Crippen molar-refractivity contribution in [2.45, 2.75) is 0 Å². The summed E-state index contributed by atoms with van der Waals surface area (Å²) < 4.78 is 5.16. The molecule has 28 heavy (non-hydrogen) atoms. The van der Waals surface area contributed by atoms with Crippen molar-refractivity contribution in [2.24, 2.45) is 0 Å². The minimum Gasteiger partial charge on any atom is -0.497 e. The maximum absolute atomic E-state index is 12.9. The highest BCUT2D eigenvalue weighted by Gasteiger charge is 2.37. The fourth-order valence-corrected chi connectivity index (χ4v) is 3.01. The van der Waals surface area contributed by atoms with Gasteiger partial charge in [0.25, 0.3) is 17.7 Å². The molecular weight excluding hydrogens is 358 g/mol. The van der Waals surface area contributed by atoms with Crippen LogP contribution in [0.3, 0.4) is 0 Å². The van der Waals surface area contributed by atoms with Crippen LogP contribution in [0.25, 0.3) is 0 Å². The third-order valence-corrected chi connectivity index (χ3v) is 4.38. The molecule has 1 aromatic heterocycles. The number of nitrogens with one attached hydrogen (secondary N) is 1. The third kappa shape index (κ3) is 2.99. The molecule has 0 saturated heterocycles. The van der Waals surface area contributed by atoms with Crippen molar-refractivity contribution >= 4 is 29.1 Å². The van der Waals surface area contributed by atoms with E-state index in [1.807, 2.05) is 0 Å². The summed E-state index contributed by atoms with van der Waals surface area (Å²) in [7, 11) is 1.51. The van der Waals surface area contributed by atoms with Crippen molar-refractivity contribution in [1.29, 1.82) is 0 Å². The van der Waals surface area contributed by atoms with Gasteiger partial charge in [-0.1, -0.05) is 6.07 Å². The SMILES string of the molecule is COc1cccc(N2C(=O)c3ccc(C(=O)Nc4cccnc4)cc3C2=O)c1. The average Bonchev–Trinajstić information content (AvgIpc) is 2.98. The molecular formula is C21H15N3O4. The van der Waals surface area contributed by atoms with Gasteiger partial charge < -0.3 is 10.1 Å². The van der Waals surface area contributed by atoms with E-state index < -0.39 is 17.7 Å². The maximum Gasteiger partial charge on any atom is 0.266 e. The number of pyridine rings is 1. The largest absolute Gasteiger partial charge is 0.497 e. The lowest BCUT2D eigenvalue weighted by Gasteiger charge is -2.14. The Morgan fingerprint density at radius 3 is 2.57 bits per heavy atom. The first-order valence-electron chi connectivity index (χ1n) is 8.47. The molecule has 1 N–H and O–H groups in total. The second-order valence-electron chi connectivity index (χ2n) is 6.10. The van der Waals surface area contributed by atoms with E-state index >= 15 is 0 Å². The van der Waals surface area contributed by atoms with Gasteiger partial charge in [-0.25, -0.2) is 4.90 Å². The lowest BCUT2D eigenvalue weighted by atomic mass is 10.1. The Bertz CT molecular complexity index is 1100. The van der Waals surface area contributed by atoms with E-state index in [1.54, 1.807) is 42.6 Å². The lowest BCUT2D eigenvalue weighted by Crippen LogP contribution is -2.29. The summed E-state index contributed by atoms with van der Waals surface area (Å²) in [5.74, 6) is -0.779. The van der Waals surface area contributed by atoms with Crippen molar-refractivity contribution < 1.29 is 19.1 Å². The molecule has 0 radical (unpaired) electrons. The second kappa shape index (κ2) is 6.96. The number of imide groups is 1. The molecule has 2 heterocycles. The van der Waals surface area contributed by atoms with Crippen LogP contribution in [0.1, 0.15) is 31.1 Å². The van der Waals surface area contributed by atoms with E-state index in [1.165, 1.54) is 31.5 Å². The second-order valence-corrected chi connectivity index (χ2v) is 6.10. The van der Waals surface area contributed by atoms with E-state index in [0.29, 0.717) is 17.1 Å². The summed E-state index contributed by atoms with van der Waals surface area (Å²) in [5.41, 5.74) is 1.66. The summed E-state index contributed by atoms with van der Waals surface area (Å²) in [6.07, 6.45) is 3.12. The van der Waals surface area contributed by atoms with Crippen LogP contribution in [0.5, 0.6) is 5.75 Å². The molecule has 7 heteroatoms. The van der Waals surface area contributed by atoms with Gasteiger partial charge in [0.15, 0.2) is 0 Å². The van der Waals surface area contributed by atoms with Crippen molar-refractivity contribution in [3.05, 3.63) is 83.7 Å². The predicted octanol–water partition coefficient (Wildman–Crippen LogP) is 3.14. The van der Waals surface area contributed by atoms with Crippen molar-refractivity contribution in [3.8, 4) is 5.75 Å². The Morgan fingerprint density at radius 1 is 1.00 bits per heavy atom. The van der Waals surface area contributed by atoms with E-state index in [9.17, 15) is 14.4 Å². The number of aromatic nitrogens is 1. The van der Waals surface area contributed by atoms with Crippen LogP contribution in [0.15, 0.2) is 67.0 Å². The summed E-state index contributed by atoms with van der Waals surface area (Å²) >= 11 is 0. The Kier molecular flexibility index (Phi) is 4.33. The van der Waals surface area contributed by atoms with Crippen LogP contribution in [-0.4, -0.2) is 29.8 Å². The van der Waals surface area contributed by atoms with Gasteiger partial charge in [-0.05, 0) is 42.5 Å². The molecule has 1 aliphatic rings. The molecule has 0 spiro atoms. The highest BCUT2D eigenvalue weighted by molar-refractivity contribution is 6.34. The van der Waals surface area contributed by atoms with Gasteiger partial charge in [0, 0.05) is 17.8 Å². The van der Waals surface area contributed by atoms with Gasteiger partial charge in [0.2, 0.25) is 0 Å². The van der Waals surface area contributed by atoms with E-state index in [2.05, 4.69) is 10.3 Å². The normalized spacial score (nSPS) is 12.7. The Balaban J connectivity index is 1.64. The molecule has 138 valence electrons. The highest BCUT2D eigenvalue weighted by Crippen LogP contribution is 2.31. The van der Waals surface area contributed by atoms with E-state index in [-0.39, 0.29) is 16.7 Å². The van der Waals surface area contributed by atoms with Gasteiger partial charge in [0.05, 0.1) is 35.8 Å². The Labute approximate surface area is 160 Å². The number of amides is 3. The topological polar surface area (TPSA) is 88.6 Å². The molecule has 0 saturated carbocycles. The molecule has 0 aliphatic carbocycles. The number of ether oxygens (including phenoxy) is 1. The van der Waals surface area contributed by atoms with E-state index in [4.69, 9.17) is 4.74 Å². The molecule has 4 rings (SSSR count).